The topological polar surface area (TPSA) is 67.4 Å². The van der Waals surface area contributed by atoms with E-state index in [4.69, 9.17) is 4.74 Å². The number of ether oxygens (including phenoxy) is 1. The second kappa shape index (κ2) is 5.73. The minimum absolute atomic E-state index is 0.0510. The van der Waals surface area contributed by atoms with Crippen molar-refractivity contribution >= 4 is 17.5 Å². The highest BCUT2D eigenvalue weighted by Gasteiger charge is 2.17. The fraction of sp³-hybridized carbons (Fsp3) is 0.429. The first-order chi connectivity index (χ1) is 9.06. The molecule has 0 radical (unpaired) electrons. The van der Waals surface area contributed by atoms with Crippen LogP contribution in [0.4, 0.5) is 5.69 Å². The van der Waals surface area contributed by atoms with Crippen LogP contribution < -0.4 is 15.4 Å². The highest BCUT2D eigenvalue weighted by molar-refractivity contribution is 5.99. The second-order valence-electron chi connectivity index (χ2n) is 4.96. The van der Waals surface area contributed by atoms with Gasteiger partial charge in [-0.2, -0.15) is 0 Å². The van der Waals surface area contributed by atoms with Crippen molar-refractivity contribution in [2.75, 3.05) is 18.5 Å². The Balaban J connectivity index is 2.16. The van der Waals surface area contributed by atoms with E-state index < -0.39 is 0 Å². The highest BCUT2D eigenvalue weighted by atomic mass is 16.5. The summed E-state index contributed by atoms with van der Waals surface area (Å²) in [5, 5.41) is 5.53. The van der Waals surface area contributed by atoms with Gasteiger partial charge in [-0.15, -0.1) is 0 Å². The Hall–Kier alpha value is -2.04. The smallest absolute Gasteiger partial charge is 0.255 e. The van der Waals surface area contributed by atoms with E-state index in [2.05, 4.69) is 10.6 Å². The number of nitrogens with one attached hydrogen (secondary N) is 2. The lowest BCUT2D eigenvalue weighted by molar-refractivity contribution is -0.116. The van der Waals surface area contributed by atoms with E-state index in [0.717, 1.165) is 0 Å². The lowest BCUT2D eigenvalue weighted by atomic mass is 10.1. The minimum Gasteiger partial charge on any atom is -0.491 e. The predicted octanol–water partition coefficient (Wildman–Crippen LogP) is 1.79. The molecule has 1 aromatic carbocycles. The lowest BCUT2D eigenvalue weighted by Gasteiger charge is -2.10. The minimum atomic E-state index is -0.174. The summed E-state index contributed by atoms with van der Waals surface area (Å²) >= 11 is 0. The first-order valence-corrected chi connectivity index (χ1v) is 6.41. The van der Waals surface area contributed by atoms with Crippen molar-refractivity contribution in [2.24, 2.45) is 5.92 Å². The number of anilines is 1. The van der Waals surface area contributed by atoms with E-state index in [-0.39, 0.29) is 11.8 Å². The summed E-state index contributed by atoms with van der Waals surface area (Å²) in [5.41, 5.74) is 1.07. The van der Waals surface area contributed by atoms with Crippen molar-refractivity contribution in [3.63, 3.8) is 0 Å². The summed E-state index contributed by atoms with van der Waals surface area (Å²) < 4.78 is 5.45. The number of rotatable bonds is 3. The molecular formula is C14H18N2O3. The van der Waals surface area contributed by atoms with E-state index in [9.17, 15) is 9.59 Å². The molecule has 2 amide bonds. The first-order valence-electron chi connectivity index (χ1n) is 6.41. The van der Waals surface area contributed by atoms with Crippen molar-refractivity contribution in [1.29, 1.82) is 0 Å². The molecule has 0 aromatic heterocycles. The van der Waals surface area contributed by atoms with Gasteiger partial charge in [-0.3, -0.25) is 9.59 Å². The monoisotopic (exact) mass is 262 g/mol. The molecule has 0 aliphatic carbocycles. The summed E-state index contributed by atoms with van der Waals surface area (Å²) in [4.78, 5) is 23.5. The Bertz CT molecular complexity index is 497. The molecule has 0 saturated carbocycles. The molecular weight excluding hydrogens is 244 g/mol. The molecule has 102 valence electrons. The van der Waals surface area contributed by atoms with Crippen LogP contribution in [0, 0.1) is 5.92 Å². The Morgan fingerprint density at radius 2 is 2.26 bits per heavy atom. The number of hydrogen-bond acceptors (Lipinski definition) is 3. The van der Waals surface area contributed by atoms with Crippen molar-refractivity contribution < 1.29 is 14.3 Å². The molecule has 2 rings (SSSR count). The maximum absolute atomic E-state index is 11.8. The molecule has 0 bridgehead atoms. The Morgan fingerprint density at radius 1 is 1.47 bits per heavy atom. The quantitative estimate of drug-likeness (QED) is 0.872. The second-order valence-corrected chi connectivity index (χ2v) is 4.96. The number of carbonyl (C=O) groups is 2. The van der Waals surface area contributed by atoms with E-state index in [1.807, 2.05) is 13.8 Å². The molecule has 0 fully saturated rings. The van der Waals surface area contributed by atoms with Gasteiger partial charge in [0.15, 0.2) is 0 Å². The summed E-state index contributed by atoms with van der Waals surface area (Å²) in [5.74, 6) is 0.627. The van der Waals surface area contributed by atoms with E-state index in [1.165, 1.54) is 0 Å². The largest absolute Gasteiger partial charge is 0.491 e. The first kappa shape index (κ1) is 13.4. The van der Waals surface area contributed by atoms with Gasteiger partial charge in [0.05, 0.1) is 12.1 Å². The molecule has 0 spiro atoms. The Morgan fingerprint density at radius 3 is 3.00 bits per heavy atom. The Labute approximate surface area is 112 Å². The molecule has 19 heavy (non-hydrogen) atoms. The van der Waals surface area contributed by atoms with E-state index in [1.54, 1.807) is 18.2 Å². The molecule has 0 unspecified atom stereocenters. The predicted molar refractivity (Wildman–Crippen MR) is 72.4 cm³/mol. The molecule has 5 nitrogen and oxygen atoms in total. The number of amides is 2. The average molecular weight is 262 g/mol. The summed E-state index contributed by atoms with van der Waals surface area (Å²) in [6.07, 6.45) is 0.458. The third-order valence-electron chi connectivity index (χ3n) is 2.75. The lowest BCUT2D eigenvalue weighted by Crippen LogP contribution is -2.24. The third kappa shape index (κ3) is 3.47. The van der Waals surface area contributed by atoms with Gasteiger partial charge in [-0.1, -0.05) is 13.8 Å². The van der Waals surface area contributed by atoms with Crippen molar-refractivity contribution in [2.45, 2.75) is 20.3 Å². The van der Waals surface area contributed by atoms with Crippen LogP contribution in [0.5, 0.6) is 5.75 Å². The SMILES string of the molecule is CC(C)CC(=O)Nc1ccc2c(c1)C(=O)NCCO2. The van der Waals surface area contributed by atoms with Gasteiger partial charge in [0, 0.05) is 12.1 Å². The maximum Gasteiger partial charge on any atom is 0.255 e. The molecule has 1 aliphatic rings. The number of benzene rings is 1. The van der Waals surface area contributed by atoms with Gasteiger partial charge in [0.1, 0.15) is 12.4 Å². The van der Waals surface area contributed by atoms with Gasteiger partial charge >= 0.3 is 0 Å². The van der Waals surface area contributed by atoms with Crippen molar-refractivity contribution in [3.8, 4) is 5.75 Å². The van der Waals surface area contributed by atoms with Gasteiger partial charge in [-0.25, -0.2) is 0 Å². The van der Waals surface area contributed by atoms with Crippen LogP contribution in [0.1, 0.15) is 30.6 Å². The maximum atomic E-state index is 11.8. The van der Waals surface area contributed by atoms with Gasteiger partial charge in [0.25, 0.3) is 5.91 Å². The number of carbonyl (C=O) groups excluding carboxylic acids is 2. The van der Waals surface area contributed by atoms with Crippen LogP contribution in [0.25, 0.3) is 0 Å². The number of fused-ring (bicyclic) bond motifs is 1. The highest BCUT2D eigenvalue weighted by Crippen LogP contribution is 2.24. The molecule has 5 heteroatoms. The van der Waals surface area contributed by atoms with Crippen LogP contribution in [-0.2, 0) is 4.79 Å². The van der Waals surface area contributed by atoms with Crippen LogP contribution >= 0.6 is 0 Å². The summed E-state index contributed by atoms with van der Waals surface area (Å²) in [7, 11) is 0. The zero-order valence-electron chi connectivity index (χ0n) is 11.2. The van der Waals surface area contributed by atoms with Gasteiger partial charge in [-0.05, 0) is 24.1 Å². The summed E-state index contributed by atoms with van der Waals surface area (Å²) in [6.45, 7) is 4.91. The molecule has 1 heterocycles. The zero-order valence-corrected chi connectivity index (χ0v) is 11.2. The molecule has 0 saturated heterocycles. The molecule has 0 atom stereocenters. The molecule has 1 aromatic rings. The van der Waals surface area contributed by atoms with Gasteiger partial charge < -0.3 is 15.4 Å². The van der Waals surface area contributed by atoms with Crippen molar-refractivity contribution in [3.05, 3.63) is 23.8 Å². The standard InChI is InChI=1S/C14H18N2O3/c1-9(2)7-13(17)16-10-3-4-12-11(8-10)14(18)15-5-6-19-12/h3-4,8-9H,5-7H2,1-2H3,(H,15,18)(H,16,17). The summed E-state index contributed by atoms with van der Waals surface area (Å²) in [6, 6.07) is 5.11. The number of hydrogen-bond donors (Lipinski definition) is 2. The average Bonchev–Trinajstić information content (AvgIpc) is 2.51. The fourth-order valence-corrected chi connectivity index (χ4v) is 1.91. The van der Waals surface area contributed by atoms with Gasteiger partial charge in [0.2, 0.25) is 5.91 Å². The Kier molecular flexibility index (Phi) is 4.04. The molecule has 2 N–H and O–H groups in total. The van der Waals surface area contributed by atoms with Crippen LogP contribution in [0.15, 0.2) is 18.2 Å². The van der Waals surface area contributed by atoms with Crippen molar-refractivity contribution in [1.82, 2.24) is 5.32 Å². The normalized spacial score (nSPS) is 14.2. The van der Waals surface area contributed by atoms with Crippen LogP contribution in [-0.4, -0.2) is 25.0 Å². The molecule has 1 aliphatic heterocycles. The van der Waals surface area contributed by atoms with E-state index in [0.29, 0.717) is 42.5 Å². The van der Waals surface area contributed by atoms with Crippen LogP contribution in [0.2, 0.25) is 0 Å². The third-order valence-corrected chi connectivity index (χ3v) is 2.75. The zero-order chi connectivity index (χ0) is 13.8. The van der Waals surface area contributed by atoms with Crippen LogP contribution in [0.3, 0.4) is 0 Å². The van der Waals surface area contributed by atoms with E-state index >= 15 is 0 Å². The fourth-order valence-electron chi connectivity index (χ4n) is 1.91.